The zero-order valence-electron chi connectivity index (χ0n) is 11.0. The molecule has 0 aliphatic carbocycles. The molecule has 0 aliphatic rings. The minimum Gasteiger partial charge on any atom is -0.494 e. The predicted octanol–water partition coefficient (Wildman–Crippen LogP) is 1.86. The Morgan fingerprint density at radius 1 is 1.05 bits per heavy atom. The number of aromatic nitrogens is 4. The lowest BCUT2D eigenvalue weighted by atomic mass is 10.2. The van der Waals surface area contributed by atoms with Gasteiger partial charge in [0, 0.05) is 13.7 Å². The third-order valence-electron chi connectivity index (χ3n) is 2.71. The maximum absolute atomic E-state index is 5.66. The van der Waals surface area contributed by atoms with Gasteiger partial charge in [-0.3, -0.25) is 0 Å². The van der Waals surface area contributed by atoms with E-state index in [2.05, 4.69) is 15.5 Å². The lowest BCUT2D eigenvalue weighted by molar-refractivity contribution is 0.189. The molecule has 1 aromatic heterocycles. The Labute approximate surface area is 112 Å². The minimum absolute atomic E-state index is 0.730. The minimum atomic E-state index is 0.730. The summed E-state index contributed by atoms with van der Waals surface area (Å²) in [5, 5.41) is 11.0. The molecule has 0 aliphatic heterocycles. The van der Waals surface area contributed by atoms with E-state index in [1.165, 1.54) is 0 Å². The summed E-state index contributed by atoms with van der Waals surface area (Å²) in [7, 11) is 1.72. The number of hydrogen-bond donors (Lipinski definition) is 0. The van der Waals surface area contributed by atoms with E-state index in [1.807, 2.05) is 24.3 Å². The molecule has 0 spiro atoms. The van der Waals surface area contributed by atoms with Crippen LogP contribution in [-0.4, -0.2) is 40.5 Å². The summed E-state index contributed by atoms with van der Waals surface area (Å²) in [4.78, 5) is 0. The summed E-state index contributed by atoms with van der Waals surface area (Å²) < 4.78 is 12.3. The molecule has 0 atom stereocenters. The maximum Gasteiger partial charge on any atom is 0.143 e. The van der Waals surface area contributed by atoms with Crippen molar-refractivity contribution in [1.82, 2.24) is 20.2 Å². The van der Waals surface area contributed by atoms with Crippen LogP contribution < -0.4 is 4.74 Å². The van der Waals surface area contributed by atoms with Crippen molar-refractivity contribution in [3.63, 3.8) is 0 Å². The molecule has 0 saturated carbocycles. The van der Waals surface area contributed by atoms with Crippen molar-refractivity contribution in [3.8, 4) is 11.4 Å². The van der Waals surface area contributed by atoms with Crippen LogP contribution >= 0.6 is 0 Å². The van der Waals surface area contributed by atoms with E-state index < -0.39 is 0 Å². The molecule has 2 aromatic rings. The van der Waals surface area contributed by atoms with Gasteiger partial charge in [-0.05, 0) is 54.0 Å². The van der Waals surface area contributed by atoms with Gasteiger partial charge in [0.15, 0.2) is 0 Å². The summed E-state index contributed by atoms with van der Waals surface area (Å²) in [5.41, 5.74) is 0.914. The Morgan fingerprint density at radius 2 is 1.84 bits per heavy atom. The summed E-state index contributed by atoms with van der Waals surface area (Å²) in [6, 6.07) is 7.70. The van der Waals surface area contributed by atoms with Crippen LogP contribution in [0.25, 0.3) is 5.69 Å². The highest BCUT2D eigenvalue weighted by molar-refractivity contribution is 5.36. The third-order valence-corrected chi connectivity index (χ3v) is 2.71. The molecule has 0 radical (unpaired) electrons. The predicted molar refractivity (Wildman–Crippen MR) is 70.4 cm³/mol. The van der Waals surface area contributed by atoms with Gasteiger partial charge in [0.25, 0.3) is 0 Å². The first-order valence-corrected chi connectivity index (χ1v) is 6.35. The molecule has 0 fully saturated rings. The number of ether oxygens (including phenoxy) is 2. The average Bonchev–Trinajstić information content (AvgIpc) is 2.97. The molecule has 2 rings (SSSR count). The Bertz CT molecular complexity index is 456. The van der Waals surface area contributed by atoms with Gasteiger partial charge in [0.05, 0.1) is 12.3 Å². The maximum atomic E-state index is 5.66. The molecular formula is C13H18N4O2. The van der Waals surface area contributed by atoms with Gasteiger partial charge >= 0.3 is 0 Å². The normalized spacial score (nSPS) is 10.6. The van der Waals surface area contributed by atoms with Crippen molar-refractivity contribution in [3.05, 3.63) is 30.6 Å². The Kier molecular flexibility index (Phi) is 5.31. The quantitative estimate of drug-likeness (QED) is 0.679. The zero-order chi connectivity index (χ0) is 13.3. The molecule has 19 heavy (non-hydrogen) atoms. The van der Waals surface area contributed by atoms with Crippen LogP contribution in [-0.2, 0) is 4.74 Å². The molecule has 0 bridgehead atoms. The van der Waals surface area contributed by atoms with Gasteiger partial charge in [-0.2, -0.15) is 0 Å². The standard InChI is InChI=1S/C13H18N4O2/c1-18-9-3-2-4-10-19-13-7-5-12(6-8-13)17-11-14-15-16-17/h5-8,11H,2-4,9-10H2,1H3. The van der Waals surface area contributed by atoms with Crippen LogP contribution in [0.15, 0.2) is 30.6 Å². The molecule has 0 amide bonds. The van der Waals surface area contributed by atoms with E-state index in [4.69, 9.17) is 9.47 Å². The lowest BCUT2D eigenvalue weighted by Crippen LogP contribution is -1.99. The fraction of sp³-hybridized carbons (Fsp3) is 0.462. The monoisotopic (exact) mass is 262 g/mol. The fourth-order valence-electron chi connectivity index (χ4n) is 1.69. The summed E-state index contributed by atoms with van der Waals surface area (Å²) in [6.45, 7) is 1.55. The smallest absolute Gasteiger partial charge is 0.143 e. The second-order valence-corrected chi connectivity index (χ2v) is 4.15. The Hall–Kier alpha value is -1.95. The van der Waals surface area contributed by atoms with Crippen LogP contribution in [0.3, 0.4) is 0 Å². The van der Waals surface area contributed by atoms with Gasteiger partial charge in [0.2, 0.25) is 0 Å². The number of rotatable bonds is 8. The molecule has 6 nitrogen and oxygen atoms in total. The summed E-state index contributed by atoms with van der Waals surface area (Å²) >= 11 is 0. The van der Waals surface area contributed by atoms with Gasteiger partial charge in [-0.25, -0.2) is 4.68 Å². The topological polar surface area (TPSA) is 62.1 Å². The highest BCUT2D eigenvalue weighted by Gasteiger charge is 1.99. The van der Waals surface area contributed by atoms with E-state index in [9.17, 15) is 0 Å². The number of benzene rings is 1. The first-order valence-electron chi connectivity index (χ1n) is 6.35. The zero-order valence-corrected chi connectivity index (χ0v) is 11.0. The highest BCUT2D eigenvalue weighted by atomic mass is 16.5. The molecular weight excluding hydrogens is 244 g/mol. The molecule has 6 heteroatoms. The third kappa shape index (κ3) is 4.33. The molecule has 102 valence electrons. The first-order chi connectivity index (χ1) is 9.40. The van der Waals surface area contributed by atoms with E-state index in [0.29, 0.717) is 0 Å². The van der Waals surface area contributed by atoms with Crippen molar-refractivity contribution in [1.29, 1.82) is 0 Å². The first kappa shape index (κ1) is 13.5. The Morgan fingerprint density at radius 3 is 2.53 bits per heavy atom. The number of hydrogen-bond acceptors (Lipinski definition) is 5. The summed E-state index contributed by atoms with van der Waals surface area (Å²) in [6.07, 6.45) is 4.80. The van der Waals surface area contributed by atoms with Crippen LogP contribution in [0.4, 0.5) is 0 Å². The van der Waals surface area contributed by atoms with Gasteiger partial charge in [-0.1, -0.05) is 0 Å². The van der Waals surface area contributed by atoms with E-state index in [-0.39, 0.29) is 0 Å². The number of methoxy groups -OCH3 is 1. The van der Waals surface area contributed by atoms with Crippen molar-refractivity contribution < 1.29 is 9.47 Å². The van der Waals surface area contributed by atoms with Crippen molar-refractivity contribution in [2.45, 2.75) is 19.3 Å². The highest BCUT2D eigenvalue weighted by Crippen LogP contribution is 2.14. The van der Waals surface area contributed by atoms with Crippen molar-refractivity contribution in [2.75, 3.05) is 20.3 Å². The van der Waals surface area contributed by atoms with E-state index in [0.717, 1.165) is 43.9 Å². The summed E-state index contributed by atoms with van der Waals surface area (Å²) in [5.74, 6) is 0.864. The Balaban J connectivity index is 1.73. The van der Waals surface area contributed by atoms with Gasteiger partial charge in [-0.15, -0.1) is 5.10 Å². The number of unbranched alkanes of at least 4 members (excludes halogenated alkanes) is 2. The van der Waals surface area contributed by atoms with Crippen LogP contribution in [0.1, 0.15) is 19.3 Å². The fourth-order valence-corrected chi connectivity index (χ4v) is 1.69. The van der Waals surface area contributed by atoms with Gasteiger partial charge in [0.1, 0.15) is 12.1 Å². The van der Waals surface area contributed by atoms with Crippen LogP contribution in [0, 0.1) is 0 Å². The molecule has 0 saturated heterocycles. The van der Waals surface area contributed by atoms with E-state index in [1.54, 1.807) is 18.1 Å². The number of tetrazole rings is 1. The second kappa shape index (κ2) is 7.48. The molecule has 1 aromatic carbocycles. The SMILES string of the molecule is COCCCCCOc1ccc(-n2cnnn2)cc1. The lowest BCUT2D eigenvalue weighted by Gasteiger charge is -2.06. The van der Waals surface area contributed by atoms with Crippen LogP contribution in [0.5, 0.6) is 5.75 Å². The average molecular weight is 262 g/mol. The largest absolute Gasteiger partial charge is 0.494 e. The molecule has 0 N–H and O–H groups in total. The molecule has 1 heterocycles. The number of nitrogens with zero attached hydrogens (tertiary/aromatic N) is 4. The van der Waals surface area contributed by atoms with Crippen molar-refractivity contribution >= 4 is 0 Å². The van der Waals surface area contributed by atoms with E-state index >= 15 is 0 Å². The van der Waals surface area contributed by atoms with Crippen molar-refractivity contribution in [2.24, 2.45) is 0 Å². The molecule has 0 unspecified atom stereocenters. The van der Waals surface area contributed by atoms with Gasteiger partial charge < -0.3 is 9.47 Å². The van der Waals surface area contributed by atoms with Crippen LogP contribution in [0.2, 0.25) is 0 Å². The second-order valence-electron chi connectivity index (χ2n) is 4.15.